The zero-order valence-electron chi connectivity index (χ0n) is 7.36. The van der Waals surface area contributed by atoms with Gasteiger partial charge >= 0.3 is 0 Å². The van der Waals surface area contributed by atoms with E-state index < -0.39 is 0 Å². The minimum atomic E-state index is 0.316. The van der Waals surface area contributed by atoms with Crippen LogP contribution >= 0.6 is 0 Å². The second kappa shape index (κ2) is 5.25. The van der Waals surface area contributed by atoms with Gasteiger partial charge in [0.25, 0.3) is 0 Å². The molecule has 0 amide bonds. The Labute approximate surface area is 76.7 Å². The first-order valence-electron chi connectivity index (χ1n) is 3.95. The molecule has 0 saturated carbocycles. The molecule has 0 saturated heterocycles. The summed E-state index contributed by atoms with van der Waals surface area (Å²) in [7, 11) is 0. The first kappa shape index (κ1) is 9.65. The quantitative estimate of drug-likeness (QED) is 0.397. The van der Waals surface area contributed by atoms with Gasteiger partial charge in [-0.3, -0.25) is 4.98 Å². The van der Waals surface area contributed by atoms with Crippen LogP contribution in [-0.2, 0) is 16.4 Å². The smallest absolute Gasteiger partial charge is 0.109 e. The fourth-order valence-corrected chi connectivity index (χ4v) is 0.821. The Hall–Kier alpha value is -1.44. The summed E-state index contributed by atoms with van der Waals surface area (Å²) in [6.45, 7) is 2.66. The molecule has 0 bridgehead atoms. The van der Waals surface area contributed by atoms with E-state index in [1.165, 1.54) is 6.20 Å². The molecule has 1 heterocycles. The van der Waals surface area contributed by atoms with Crippen molar-refractivity contribution >= 4 is 0 Å². The monoisotopic (exact) mass is 178 g/mol. The molecule has 1 aromatic heterocycles. The lowest BCUT2D eigenvalue weighted by molar-refractivity contribution is -0.300. The molecule has 0 fully saturated rings. The third-order valence-electron chi connectivity index (χ3n) is 1.35. The zero-order valence-corrected chi connectivity index (χ0v) is 7.36. The van der Waals surface area contributed by atoms with Crippen molar-refractivity contribution in [1.82, 2.24) is 4.98 Å². The predicted octanol–water partition coefficient (Wildman–Crippen LogP) is 1.42. The lowest BCUT2D eigenvalue weighted by atomic mass is 10.2. The van der Waals surface area contributed by atoms with Crippen molar-refractivity contribution in [1.29, 1.82) is 5.26 Å². The summed E-state index contributed by atoms with van der Waals surface area (Å²) in [5, 5.41) is 8.57. The summed E-state index contributed by atoms with van der Waals surface area (Å²) in [5.74, 6) is 0. The third kappa shape index (κ3) is 3.20. The average Bonchev–Trinajstić information content (AvgIpc) is 2.19. The summed E-state index contributed by atoms with van der Waals surface area (Å²) in [6, 6.07) is 3.71. The molecular weight excluding hydrogens is 168 g/mol. The molecule has 1 rings (SSSR count). The molecule has 0 atom stereocenters. The molecule has 0 aromatic carbocycles. The van der Waals surface area contributed by atoms with Crippen LogP contribution in [0.1, 0.15) is 18.1 Å². The minimum absolute atomic E-state index is 0.316. The van der Waals surface area contributed by atoms with E-state index in [1.54, 1.807) is 12.3 Å². The van der Waals surface area contributed by atoms with Crippen molar-refractivity contribution in [2.45, 2.75) is 13.5 Å². The molecule has 13 heavy (non-hydrogen) atoms. The molecule has 0 unspecified atom stereocenters. The lowest BCUT2D eigenvalue weighted by Gasteiger charge is -2.00. The molecule has 4 heteroatoms. The van der Waals surface area contributed by atoms with Crippen LogP contribution in [0.4, 0.5) is 0 Å². The first-order chi connectivity index (χ1) is 6.36. The van der Waals surface area contributed by atoms with Crippen LogP contribution in [0.25, 0.3) is 0 Å². The van der Waals surface area contributed by atoms with E-state index in [-0.39, 0.29) is 0 Å². The van der Waals surface area contributed by atoms with E-state index in [1.807, 2.05) is 13.0 Å². The van der Waals surface area contributed by atoms with Crippen LogP contribution in [0.15, 0.2) is 18.5 Å². The highest BCUT2D eigenvalue weighted by molar-refractivity contribution is 5.28. The summed E-state index contributed by atoms with van der Waals surface area (Å²) in [5.41, 5.74) is 1.35. The van der Waals surface area contributed by atoms with E-state index in [0.717, 1.165) is 5.56 Å². The maximum absolute atomic E-state index is 8.57. The van der Waals surface area contributed by atoms with Crippen molar-refractivity contribution in [3.05, 3.63) is 29.6 Å². The number of pyridine rings is 1. The van der Waals surface area contributed by atoms with Gasteiger partial charge in [-0.05, 0) is 13.0 Å². The van der Waals surface area contributed by atoms with Crippen LogP contribution in [0.2, 0.25) is 0 Å². The lowest BCUT2D eigenvalue weighted by Crippen LogP contribution is -1.95. The molecule has 0 aliphatic heterocycles. The fourth-order valence-electron chi connectivity index (χ4n) is 0.821. The second-order valence-electron chi connectivity index (χ2n) is 2.36. The molecule has 0 radical (unpaired) electrons. The van der Waals surface area contributed by atoms with Crippen molar-refractivity contribution in [2.75, 3.05) is 6.61 Å². The highest BCUT2D eigenvalue weighted by Crippen LogP contribution is 2.02. The zero-order chi connectivity index (χ0) is 9.52. The number of nitriles is 1. The van der Waals surface area contributed by atoms with Gasteiger partial charge in [-0.2, -0.15) is 5.26 Å². The first-order valence-corrected chi connectivity index (χ1v) is 3.95. The second-order valence-corrected chi connectivity index (χ2v) is 2.36. The average molecular weight is 178 g/mol. The standard InChI is InChI=1S/C9H10N2O2/c1-2-12-13-7-9-3-8(4-10)5-11-6-9/h3,5-6H,2,7H2,1H3. The van der Waals surface area contributed by atoms with E-state index in [2.05, 4.69) is 4.98 Å². The van der Waals surface area contributed by atoms with Gasteiger partial charge in [0, 0.05) is 18.0 Å². The Morgan fingerprint density at radius 3 is 3.00 bits per heavy atom. The molecule has 1 aromatic rings. The van der Waals surface area contributed by atoms with E-state index in [9.17, 15) is 0 Å². The number of aromatic nitrogens is 1. The molecule has 4 nitrogen and oxygen atoms in total. The summed E-state index contributed by atoms with van der Waals surface area (Å²) in [6.07, 6.45) is 3.14. The largest absolute Gasteiger partial charge is 0.263 e. The van der Waals surface area contributed by atoms with Gasteiger partial charge in [-0.25, -0.2) is 9.78 Å². The Bertz CT molecular complexity index is 307. The Balaban J connectivity index is 2.52. The van der Waals surface area contributed by atoms with Crippen LogP contribution in [0.3, 0.4) is 0 Å². The number of hydrogen-bond acceptors (Lipinski definition) is 4. The van der Waals surface area contributed by atoms with Crippen molar-refractivity contribution in [3.63, 3.8) is 0 Å². The Kier molecular flexibility index (Phi) is 3.89. The van der Waals surface area contributed by atoms with Crippen LogP contribution in [-0.4, -0.2) is 11.6 Å². The number of nitrogens with zero attached hydrogens (tertiary/aromatic N) is 2. The molecule has 68 valence electrons. The van der Waals surface area contributed by atoms with Crippen LogP contribution in [0.5, 0.6) is 0 Å². The summed E-state index contributed by atoms with van der Waals surface area (Å²) < 4.78 is 0. The minimum Gasteiger partial charge on any atom is -0.263 e. The Morgan fingerprint density at radius 2 is 2.31 bits per heavy atom. The molecule has 0 N–H and O–H groups in total. The van der Waals surface area contributed by atoms with E-state index >= 15 is 0 Å². The van der Waals surface area contributed by atoms with Gasteiger partial charge in [-0.15, -0.1) is 0 Å². The fraction of sp³-hybridized carbons (Fsp3) is 0.333. The number of rotatable bonds is 4. The highest BCUT2D eigenvalue weighted by atomic mass is 17.2. The summed E-state index contributed by atoms with van der Waals surface area (Å²) >= 11 is 0. The van der Waals surface area contributed by atoms with Gasteiger partial charge in [0.1, 0.15) is 12.7 Å². The molecule has 0 aliphatic carbocycles. The Morgan fingerprint density at radius 1 is 1.46 bits per heavy atom. The van der Waals surface area contributed by atoms with Crippen molar-refractivity contribution in [2.24, 2.45) is 0 Å². The SMILES string of the molecule is CCOOCc1cncc(C#N)c1. The predicted molar refractivity (Wildman–Crippen MR) is 45.4 cm³/mol. The normalized spacial score (nSPS) is 9.54. The molecular formula is C9H10N2O2. The maximum atomic E-state index is 8.57. The van der Waals surface area contributed by atoms with Gasteiger partial charge < -0.3 is 0 Å². The van der Waals surface area contributed by atoms with E-state index in [0.29, 0.717) is 18.8 Å². The van der Waals surface area contributed by atoms with Crippen molar-refractivity contribution < 1.29 is 9.78 Å². The van der Waals surface area contributed by atoms with Gasteiger partial charge in [0.2, 0.25) is 0 Å². The van der Waals surface area contributed by atoms with Crippen LogP contribution < -0.4 is 0 Å². The maximum Gasteiger partial charge on any atom is 0.109 e. The van der Waals surface area contributed by atoms with Gasteiger partial charge in [-0.1, -0.05) is 0 Å². The highest BCUT2D eigenvalue weighted by Gasteiger charge is 1.96. The van der Waals surface area contributed by atoms with Gasteiger partial charge in [0.05, 0.1) is 12.2 Å². The van der Waals surface area contributed by atoms with Gasteiger partial charge in [0.15, 0.2) is 0 Å². The number of hydrogen-bond donors (Lipinski definition) is 0. The molecule has 0 spiro atoms. The topological polar surface area (TPSA) is 55.1 Å². The van der Waals surface area contributed by atoms with Crippen LogP contribution in [0, 0.1) is 11.3 Å². The van der Waals surface area contributed by atoms with Crippen molar-refractivity contribution in [3.8, 4) is 6.07 Å². The van der Waals surface area contributed by atoms with E-state index in [4.69, 9.17) is 15.0 Å². The molecule has 0 aliphatic rings. The third-order valence-corrected chi connectivity index (χ3v) is 1.35. The summed E-state index contributed by atoms with van der Waals surface area (Å²) in [4.78, 5) is 13.4.